The van der Waals surface area contributed by atoms with Crippen molar-refractivity contribution >= 4 is 11.9 Å². The van der Waals surface area contributed by atoms with Crippen LogP contribution in [0.3, 0.4) is 0 Å². The third kappa shape index (κ3) is 4.10. The van der Waals surface area contributed by atoms with Gasteiger partial charge in [0, 0.05) is 18.9 Å². The number of aliphatic hydroxyl groups is 2. The monoisotopic (exact) mass is 293 g/mol. The highest BCUT2D eigenvalue weighted by atomic mass is 16.3. The molecule has 2 aromatic rings. The molecule has 0 spiro atoms. The number of anilines is 2. The second kappa shape index (κ2) is 7.50. The zero-order valence-electron chi connectivity index (χ0n) is 11.8. The van der Waals surface area contributed by atoms with Crippen LogP contribution >= 0.6 is 0 Å². The van der Waals surface area contributed by atoms with Crippen LogP contribution in [0.5, 0.6) is 0 Å². The molecule has 114 valence electrons. The van der Waals surface area contributed by atoms with Crippen LogP contribution < -0.4 is 10.6 Å². The first-order valence-electron chi connectivity index (χ1n) is 6.75. The summed E-state index contributed by atoms with van der Waals surface area (Å²) in [5.74, 6) is 1.03. The lowest BCUT2D eigenvalue weighted by molar-refractivity contribution is 0.203. The highest BCUT2D eigenvalue weighted by Crippen LogP contribution is 2.09. The molecule has 0 bridgehead atoms. The number of aromatic nitrogens is 5. The van der Waals surface area contributed by atoms with Gasteiger partial charge in [-0.05, 0) is 12.5 Å². The second-order valence-electron chi connectivity index (χ2n) is 4.37. The van der Waals surface area contributed by atoms with E-state index in [1.54, 1.807) is 18.5 Å². The minimum atomic E-state index is -0.531. The molecule has 0 aromatic carbocycles. The Kier molecular flexibility index (Phi) is 5.41. The van der Waals surface area contributed by atoms with Gasteiger partial charge in [-0.2, -0.15) is 20.1 Å². The molecule has 0 saturated heterocycles. The molecule has 0 fully saturated rings. The number of hydrogen-bond donors (Lipinski definition) is 4. The lowest BCUT2D eigenvalue weighted by Crippen LogP contribution is -2.29. The van der Waals surface area contributed by atoms with Crippen LogP contribution in [0, 0.1) is 0 Å². The van der Waals surface area contributed by atoms with Crippen LogP contribution in [-0.4, -0.2) is 60.7 Å². The Balaban J connectivity index is 2.28. The van der Waals surface area contributed by atoms with E-state index < -0.39 is 6.04 Å². The molecular weight excluding hydrogens is 274 g/mol. The van der Waals surface area contributed by atoms with Crippen molar-refractivity contribution in [3.63, 3.8) is 0 Å². The first kappa shape index (κ1) is 15.1. The maximum absolute atomic E-state index is 9.12. The first-order chi connectivity index (χ1) is 10.3. The van der Waals surface area contributed by atoms with E-state index in [0.29, 0.717) is 11.9 Å². The summed E-state index contributed by atoms with van der Waals surface area (Å²) in [6.07, 6.45) is 4.28. The highest BCUT2D eigenvalue weighted by Gasteiger charge is 2.12. The minimum absolute atomic E-state index is 0.225. The third-order valence-electron chi connectivity index (χ3n) is 2.64. The first-order valence-corrected chi connectivity index (χ1v) is 6.75. The Bertz CT molecular complexity index is 543. The topological polar surface area (TPSA) is 121 Å². The summed E-state index contributed by atoms with van der Waals surface area (Å²) in [5, 5.41) is 28.3. The fourth-order valence-electron chi connectivity index (χ4n) is 1.57. The maximum Gasteiger partial charge on any atom is 0.257 e. The lowest BCUT2D eigenvalue weighted by Gasteiger charge is -2.14. The van der Waals surface area contributed by atoms with Crippen molar-refractivity contribution in [2.45, 2.75) is 19.4 Å². The van der Waals surface area contributed by atoms with Crippen LogP contribution in [0.4, 0.5) is 11.9 Å². The summed E-state index contributed by atoms with van der Waals surface area (Å²) < 4.78 is 1.51. The molecule has 0 radical (unpaired) electrons. The molecule has 0 aliphatic carbocycles. The van der Waals surface area contributed by atoms with Crippen molar-refractivity contribution in [3.05, 3.63) is 18.5 Å². The van der Waals surface area contributed by atoms with Crippen LogP contribution in [0.1, 0.15) is 13.3 Å². The normalized spacial score (nSPS) is 10.9. The largest absolute Gasteiger partial charge is 0.394 e. The van der Waals surface area contributed by atoms with Crippen molar-refractivity contribution in [2.24, 2.45) is 0 Å². The summed E-state index contributed by atoms with van der Waals surface area (Å²) >= 11 is 0. The summed E-state index contributed by atoms with van der Waals surface area (Å²) in [6.45, 7) is 2.31. The average Bonchev–Trinajstić information content (AvgIpc) is 3.05. The lowest BCUT2D eigenvalue weighted by atomic mass is 10.3. The molecule has 0 atom stereocenters. The minimum Gasteiger partial charge on any atom is -0.394 e. The number of nitrogens with zero attached hydrogens (tertiary/aromatic N) is 5. The number of hydrogen-bond acceptors (Lipinski definition) is 8. The van der Waals surface area contributed by atoms with Gasteiger partial charge in [-0.25, -0.2) is 4.68 Å². The van der Waals surface area contributed by atoms with Gasteiger partial charge in [0.05, 0.1) is 19.3 Å². The van der Waals surface area contributed by atoms with Gasteiger partial charge in [0.2, 0.25) is 11.9 Å². The molecule has 4 N–H and O–H groups in total. The van der Waals surface area contributed by atoms with E-state index in [0.717, 1.165) is 13.0 Å². The molecule has 9 heteroatoms. The molecule has 21 heavy (non-hydrogen) atoms. The van der Waals surface area contributed by atoms with Crippen molar-refractivity contribution < 1.29 is 10.2 Å². The molecule has 2 heterocycles. The summed E-state index contributed by atoms with van der Waals surface area (Å²) in [7, 11) is 0. The Hall–Kier alpha value is -2.26. The number of nitrogens with one attached hydrogen (secondary N) is 2. The number of aliphatic hydroxyl groups excluding tert-OH is 2. The zero-order valence-corrected chi connectivity index (χ0v) is 11.8. The van der Waals surface area contributed by atoms with E-state index in [1.165, 1.54) is 4.68 Å². The van der Waals surface area contributed by atoms with E-state index in [9.17, 15) is 0 Å². The predicted octanol–water partition coefficient (Wildman–Crippen LogP) is -0.356. The summed E-state index contributed by atoms with van der Waals surface area (Å²) in [4.78, 5) is 12.7. The summed E-state index contributed by atoms with van der Waals surface area (Å²) in [5.41, 5.74) is 0. The van der Waals surface area contributed by atoms with E-state index in [-0.39, 0.29) is 19.2 Å². The van der Waals surface area contributed by atoms with Crippen LogP contribution in [0.25, 0.3) is 5.95 Å². The van der Waals surface area contributed by atoms with Crippen LogP contribution in [-0.2, 0) is 0 Å². The molecule has 0 aliphatic rings. The fourth-order valence-corrected chi connectivity index (χ4v) is 1.57. The molecule has 2 aromatic heterocycles. The van der Waals surface area contributed by atoms with Crippen molar-refractivity contribution in [3.8, 4) is 5.95 Å². The van der Waals surface area contributed by atoms with Gasteiger partial charge in [0.15, 0.2) is 0 Å². The Morgan fingerprint density at radius 1 is 1.19 bits per heavy atom. The van der Waals surface area contributed by atoms with Gasteiger partial charge < -0.3 is 20.8 Å². The van der Waals surface area contributed by atoms with Crippen molar-refractivity contribution in [1.29, 1.82) is 0 Å². The van der Waals surface area contributed by atoms with Crippen molar-refractivity contribution in [2.75, 3.05) is 30.4 Å². The number of rotatable bonds is 8. The van der Waals surface area contributed by atoms with E-state index in [2.05, 4.69) is 30.7 Å². The van der Waals surface area contributed by atoms with Crippen molar-refractivity contribution in [1.82, 2.24) is 24.7 Å². The molecule has 0 amide bonds. The highest BCUT2D eigenvalue weighted by molar-refractivity contribution is 5.38. The van der Waals surface area contributed by atoms with Crippen LogP contribution in [0.15, 0.2) is 18.5 Å². The third-order valence-corrected chi connectivity index (χ3v) is 2.64. The van der Waals surface area contributed by atoms with E-state index in [1.807, 2.05) is 6.92 Å². The fraction of sp³-hybridized carbons (Fsp3) is 0.500. The van der Waals surface area contributed by atoms with Gasteiger partial charge in [-0.1, -0.05) is 6.92 Å². The van der Waals surface area contributed by atoms with Gasteiger partial charge in [-0.3, -0.25) is 0 Å². The molecule has 0 unspecified atom stereocenters. The van der Waals surface area contributed by atoms with E-state index >= 15 is 0 Å². The van der Waals surface area contributed by atoms with E-state index in [4.69, 9.17) is 10.2 Å². The van der Waals surface area contributed by atoms with Gasteiger partial charge in [0.1, 0.15) is 0 Å². The quantitative estimate of drug-likeness (QED) is 0.521. The summed E-state index contributed by atoms with van der Waals surface area (Å²) in [6, 6.07) is 1.23. The van der Waals surface area contributed by atoms with Gasteiger partial charge >= 0.3 is 0 Å². The SMILES string of the molecule is CCCNc1nc(NC(CO)CO)nc(-n2cccn2)n1. The molecule has 0 aliphatic heterocycles. The second-order valence-corrected chi connectivity index (χ2v) is 4.37. The molecule has 2 rings (SSSR count). The van der Waals surface area contributed by atoms with Crippen LogP contribution in [0.2, 0.25) is 0 Å². The molecule has 9 nitrogen and oxygen atoms in total. The molecule has 0 saturated carbocycles. The predicted molar refractivity (Wildman–Crippen MR) is 77.3 cm³/mol. The molecular formula is C12H19N7O2. The standard InChI is InChI=1S/C12H19N7O2/c1-2-4-13-10-16-11(15-9(7-20)8-21)18-12(17-10)19-6-3-5-14-19/h3,5-6,9,20-21H,2,4,7-8H2,1H3,(H2,13,15,16,17,18). The average molecular weight is 293 g/mol. The Labute approximate surface area is 122 Å². The zero-order chi connectivity index (χ0) is 15.1. The van der Waals surface area contributed by atoms with Gasteiger partial charge in [-0.15, -0.1) is 0 Å². The smallest absolute Gasteiger partial charge is 0.257 e. The van der Waals surface area contributed by atoms with Gasteiger partial charge in [0.25, 0.3) is 5.95 Å². The maximum atomic E-state index is 9.12. The Morgan fingerprint density at radius 2 is 1.95 bits per heavy atom. The Morgan fingerprint density at radius 3 is 2.57 bits per heavy atom.